The first kappa shape index (κ1) is 17.3. The molecule has 3 N–H and O–H groups in total. The molecule has 25 heavy (non-hydrogen) atoms. The first-order valence-electron chi connectivity index (χ1n) is 8.50. The molecule has 0 bridgehead atoms. The molecule has 1 aromatic heterocycles. The van der Waals surface area contributed by atoms with Crippen LogP contribution in [0.25, 0.3) is 0 Å². The van der Waals surface area contributed by atoms with Gasteiger partial charge in [0.2, 0.25) is 5.91 Å². The Morgan fingerprint density at radius 1 is 1.40 bits per heavy atom. The van der Waals surface area contributed by atoms with E-state index in [2.05, 4.69) is 25.7 Å². The van der Waals surface area contributed by atoms with Gasteiger partial charge in [0.15, 0.2) is 0 Å². The number of amides is 1. The van der Waals surface area contributed by atoms with E-state index in [9.17, 15) is 4.79 Å². The Balaban J connectivity index is 1.71. The quantitative estimate of drug-likeness (QED) is 0.742. The number of anilines is 1. The topological polar surface area (TPSA) is 82.3 Å². The zero-order valence-corrected chi connectivity index (χ0v) is 14.7. The van der Waals surface area contributed by atoms with Gasteiger partial charge >= 0.3 is 0 Å². The summed E-state index contributed by atoms with van der Waals surface area (Å²) < 4.78 is 5.28. The number of rotatable bonds is 6. The van der Waals surface area contributed by atoms with E-state index >= 15 is 0 Å². The number of H-pyrrole nitrogens is 1. The lowest BCUT2D eigenvalue weighted by atomic mass is 9.86. The summed E-state index contributed by atoms with van der Waals surface area (Å²) in [4.78, 5) is 15.0. The SMILES string of the molecule is CNC(=O)C1(Nc2cccc(OC)c2)CCN(Cc2cn[nH]c2)CC1. The number of carbonyl (C=O) groups excluding carboxylic acids is 1. The number of benzene rings is 1. The molecule has 1 aliphatic rings. The second-order valence-corrected chi connectivity index (χ2v) is 6.40. The van der Waals surface area contributed by atoms with E-state index in [0.29, 0.717) is 0 Å². The van der Waals surface area contributed by atoms with Gasteiger partial charge in [-0.3, -0.25) is 14.8 Å². The summed E-state index contributed by atoms with van der Waals surface area (Å²) in [6, 6.07) is 7.70. The predicted octanol–water partition coefficient (Wildman–Crippen LogP) is 1.61. The average Bonchev–Trinajstić information content (AvgIpc) is 3.16. The molecule has 1 amide bonds. The minimum atomic E-state index is -0.603. The number of methoxy groups -OCH3 is 1. The summed E-state index contributed by atoms with van der Waals surface area (Å²) in [7, 11) is 3.33. The third-order valence-electron chi connectivity index (χ3n) is 4.79. The highest BCUT2D eigenvalue weighted by molar-refractivity contribution is 5.89. The highest BCUT2D eigenvalue weighted by atomic mass is 16.5. The van der Waals surface area contributed by atoms with Crippen LogP contribution in [0.15, 0.2) is 36.7 Å². The van der Waals surface area contributed by atoms with Crippen molar-refractivity contribution in [2.45, 2.75) is 24.9 Å². The van der Waals surface area contributed by atoms with E-state index < -0.39 is 5.54 Å². The maximum absolute atomic E-state index is 12.6. The normalized spacial score (nSPS) is 17.0. The number of aromatic nitrogens is 2. The van der Waals surface area contributed by atoms with Gasteiger partial charge in [-0.05, 0) is 25.0 Å². The lowest BCUT2D eigenvalue weighted by molar-refractivity contribution is -0.126. The van der Waals surface area contributed by atoms with Gasteiger partial charge in [0.25, 0.3) is 0 Å². The van der Waals surface area contributed by atoms with E-state index in [1.807, 2.05) is 36.7 Å². The second-order valence-electron chi connectivity index (χ2n) is 6.40. The molecular formula is C18H25N5O2. The van der Waals surface area contributed by atoms with Crippen LogP contribution in [0.4, 0.5) is 5.69 Å². The third kappa shape index (κ3) is 3.93. The minimum Gasteiger partial charge on any atom is -0.497 e. The molecular weight excluding hydrogens is 318 g/mol. The van der Waals surface area contributed by atoms with Gasteiger partial charge in [-0.1, -0.05) is 6.07 Å². The van der Waals surface area contributed by atoms with Crippen LogP contribution in [-0.4, -0.2) is 53.8 Å². The van der Waals surface area contributed by atoms with Crippen molar-refractivity contribution < 1.29 is 9.53 Å². The highest BCUT2D eigenvalue weighted by Gasteiger charge is 2.40. The molecule has 134 valence electrons. The summed E-state index contributed by atoms with van der Waals surface area (Å²) in [5.41, 5.74) is 1.45. The van der Waals surface area contributed by atoms with Crippen molar-refractivity contribution in [2.75, 3.05) is 32.6 Å². The number of nitrogens with one attached hydrogen (secondary N) is 3. The van der Waals surface area contributed by atoms with Crippen LogP contribution in [0.1, 0.15) is 18.4 Å². The van der Waals surface area contributed by atoms with Crippen molar-refractivity contribution in [3.05, 3.63) is 42.2 Å². The van der Waals surface area contributed by atoms with E-state index in [-0.39, 0.29) is 5.91 Å². The fraction of sp³-hybridized carbons (Fsp3) is 0.444. The number of ether oxygens (including phenoxy) is 1. The Kier molecular flexibility index (Phi) is 5.23. The predicted molar refractivity (Wildman–Crippen MR) is 96.5 cm³/mol. The molecule has 0 aliphatic carbocycles. The van der Waals surface area contributed by atoms with Crippen LogP contribution in [0.5, 0.6) is 5.75 Å². The molecule has 0 atom stereocenters. The molecule has 2 heterocycles. The zero-order valence-electron chi connectivity index (χ0n) is 14.7. The summed E-state index contributed by atoms with van der Waals surface area (Å²) in [6.07, 6.45) is 5.23. The molecule has 0 radical (unpaired) electrons. The van der Waals surface area contributed by atoms with Crippen LogP contribution in [0.3, 0.4) is 0 Å². The Bertz CT molecular complexity index is 693. The highest BCUT2D eigenvalue weighted by Crippen LogP contribution is 2.29. The molecule has 3 rings (SSSR count). The van der Waals surface area contributed by atoms with Gasteiger partial charge in [-0.25, -0.2) is 0 Å². The van der Waals surface area contributed by atoms with E-state index in [4.69, 9.17) is 4.74 Å². The lowest BCUT2D eigenvalue weighted by Gasteiger charge is -2.41. The van der Waals surface area contributed by atoms with Crippen LogP contribution >= 0.6 is 0 Å². The molecule has 0 unspecified atom stereocenters. The largest absolute Gasteiger partial charge is 0.497 e. The number of nitrogens with zero attached hydrogens (tertiary/aromatic N) is 2. The number of likely N-dealkylation sites (N-methyl/N-ethyl adjacent to an activating group) is 1. The van der Waals surface area contributed by atoms with Gasteiger partial charge in [0.05, 0.1) is 13.3 Å². The Labute approximate surface area is 147 Å². The number of carbonyl (C=O) groups is 1. The zero-order chi connectivity index (χ0) is 17.7. The number of piperidine rings is 1. The molecule has 1 aliphatic heterocycles. The van der Waals surface area contributed by atoms with E-state index in [0.717, 1.165) is 49.5 Å². The van der Waals surface area contributed by atoms with Gasteiger partial charge in [-0.2, -0.15) is 5.10 Å². The molecule has 0 spiro atoms. The maximum Gasteiger partial charge on any atom is 0.245 e. The van der Waals surface area contributed by atoms with Crippen molar-refractivity contribution >= 4 is 11.6 Å². The Morgan fingerprint density at radius 2 is 2.20 bits per heavy atom. The number of hydrogen-bond donors (Lipinski definition) is 3. The summed E-state index contributed by atoms with van der Waals surface area (Å²) in [6.45, 7) is 2.53. The van der Waals surface area contributed by atoms with Gasteiger partial charge in [0, 0.05) is 50.2 Å². The van der Waals surface area contributed by atoms with Gasteiger partial charge in [0.1, 0.15) is 11.3 Å². The van der Waals surface area contributed by atoms with Crippen LogP contribution < -0.4 is 15.4 Å². The molecule has 1 aromatic carbocycles. The van der Waals surface area contributed by atoms with Crippen LogP contribution in [0.2, 0.25) is 0 Å². The number of hydrogen-bond acceptors (Lipinski definition) is 5. The minimum absolute atomic E-state index is 0.0262. The Morgan fingerprint density at radius 3 is 2.84 bits per heavy atom. The van der Waals surface area contributed by atoms with Crippen molar-refractivity contribution in [3.8, 4) is 5.75 Å². The van der Waals surface area contributed by atoms with E-state index in [1.54, 1.807) is 14.2 Å². The summed E-state index contributed by atoms with van der Waals surface area (Å²) in [5.74, 6) is 0.799. The fourth-order valence-corrected chi connectivity index (χ4v) is 3.34. The molecule has 1 saturated heterocycles. The Hall–Kier alpha value is -2.54. The van der Waals surface area contributed by atoms with Crippen molar-refractivity contribution in [3.63, 3.8) is 0 Å². The van der Waals surface area contributed by atoms with Crippen molar-refractivity contribution in [2.24, 2.45) is 0 Å². The first-order chi connectivity index (χ1) is 12.1. The molecule has 0 saturated carbocycles. The second kappa shape index (κ2) is 7.57. The molecule has 7 heteroatoms. The smallest absolute Gasteiger partial charge is 0.245 e. The summed E-state index contributed by atoms with van der Waals surface area (Å²) >= 11 is 0. The lowest BCUT2D eigenvalue weighted by Crippen LogP contribution is -2.57. The number of likely N-dealkylation sites (tertiary alicyclic amines) is 1. The third-order valence-corrected chi connectivity index (χ3v) is 4.79. The van der Waals surface area contributed by atoms with E-state index in [1.165, 1.54) is 0 Å². The van der Waals surface area contributed by atoms with Gasteiger partial charge in [-0.15, -0.1) is 0 Å². The van der Waals surface area contributed by atoms with Crippen LogP contribution in [-0.2, 0) is 11.3 Å². The molecule has 7 nitrogen and oxygen atoms in total. The molecule has 1 fully saturated rings. The standard InChI is InChI=1S/C18H25N5O2/c1-19-17(24)18(22-15-4-3-5-16(10-15)25-2)6-8-23(9-7-18)13-14-11-20-21-12-14/h3-5,10-12,22H,6-9,13H2,1-2H3,(H,19,24)(H,20,21). The fourth-order valence-electron chi connectivity index (χ4n) is 3.34. The van der Waals surface area contributed by atoms with Crippen molar-refractivity contribution in [1.82, 2.24) is 20.4 Å². The van der Waals surface area contributed by atoms with Gasteiger partial charge < -0.3 is 15.4 Å². The maximum atomic E-state index is 12.6. The first-order valence-corrected chi connectivity index (χ1v) is 8.50. The summed E-state index contributed by atoms with van der Waals surface area (Å²) in [5, 5.41) is 13.1. The number of aromatic amines is 1. The average molecular weight is 343 g/mol. The van der Waals surface area contributed by atoms with Crippen molar-refractivity contribution in [1.29, 1.82) is 0 Å². The monoisotopic (exact) mass is 343 g/mol. The molecule has 2 aromatic rings. The van der Waals surface area contributed by atoms with Crippen LogP contribution in [0, 0.1) is 0 Å².